The summed E-state index contributed by atoms with van der Waals surface area (Å²) in [6.45, 7) is 12.7. The molecule has 0 aromatic heterocycles. The van der Waals surface area contributed by atoms with Crippen LogP contribution in [0.2, 0.25) is 7.75 Å². The summed E-state index contributed by atoms with van der Waals surface area (Å²) in [5.41, 5.74) is 0. The Morgan fingerprint density at radius 1 is 0.750 bits per heavy atom. The first-order chi connectivity index (χ1) is 9.45. The molecule has 1 aliphatic carbocycles. The van der Waals surface area contributed by atoms with Crippen molar-refractivity contribution in [1.82, 2.24) is 8.53 Å². The van der Waals surface area contributed by atoms with Crippen molar-refractivity contribution in [3.63, 3.8) is 0 Å². The third kappa shape index (κ3) is 2.24. The zero-order valence-electron chi connectivity index (χ0n) is 14.6. The first kappa shape index (κ1) is 18.3. The van der Waals surface area contributed by atoms with E-state index in [-0.39, 0.29) is 0 Å². The van der Waals surface area contributed by atoms with Gasteiger partial charge in [-0.15, -0.1) is 0 Å². The average Bonchev–Trinajstić information content (AvgIpc) is 3.02. The number of rotatable bonds is 8. The molecule has 0 saturated heterocycles. The molecule has 0 atom stereocenters. The van der Waals surface area contributed by atoms with Crippen LogP contribution in [0.4, 0.5) is 0 Å². The molecule has 0 unspecified atom stereocenters. The fourth-order valence-corrected chi connectivity index (χ4v) is 25.3. The van der Waals surface area contributed by atoms with Gasteiger partial charge in [0.05, 0.1) is 0 Å². The van der Waals surface area contributed by atoms with E-state index in [1.807, 2.05) is 0 Å². The van der Waals surface area contributed by atoms with Gasteiger partial charge < -0.3 is 0 Å². The molecule has 0 saturated carbocycles. The van der Waals surface area contributed by atoms with Gasteiger partial charge in [0.25, 0.3) is 0 Å². The second-order valence-electron chi connectivity index (χ2n) is 6.06. The van der Waals surface area contributed by atoms with Crippen LogP contribution < -0.4 is 0 Å². The van der Waals surface area contributed by atoms with Crippen molar-refractivity contribution in [2.45, 2.75) is 35.4 Å². The van der Waals surface area contributed by atoms with Crippen molar-refractivity contribution in [3.8, 4) is 0 Å². The van der Waals surface area contributed by atoms with E-state index in [9.17, 15) is 0 Å². The van der Waals surface area contributed by atoms with Gasteiger partial charge in [-0.05, 0) is 0 Å². The second kappa shape index (κ2) is 7.00. The Labute approximate surface area is 128 Å². The quantitative estimate of drug-likeness (QED) is 0.655. The van der Waals surface area contributed by atoms with Gasteiger partial charge in [0.15, 0.2) is 0 Å². The second-order valence-corrected chi connectivity index (χ2v) is 21.8. The first-order valence-corrected chi connectivity index (χ1v) is 14.6. The molecule has 1 rings (SSSR count). The van der Waals surface area contributed by atoms with Crippen LogP contribution in [0.25, 0.3) is 0 Å². The minimum absolute atomic E-state index is 0.585. The Balaban J connectivity index is 3.62. The summed E-state index contributed by atoms with van der Waals surface area (Å²) in [5.74, 6) is 0. The van der Waals surface area contributed by atoms with Gasteiger partial charge in [0.2, 0.25) is 0 Å². The van der Waals surface area contributed by atoms with Gasteiger partial charge in [-0.1, -0.05) is 0 Å². The first-order valence-electron chi connectivity index (χ1n) is 8.10. The predicted molar refractivity (Wildman–Crippen MR) is 87.4 cm³/mol. The molecule has 4 heteroatoms. The Bertz CT molecular complexity index is 337. The van der Waals surface area contributed by atoms with Crippen LogP contribution in [0.5, 0.6) is 0 Å². The van der Waals surface area contributed by atoms with Crippen LogP contribution in [0, 0.1) is 0 Å². The van der Waals surface area contributed by atoms with E-state index in [1.165, 1.54) is 4.13 Å². The molecular weight excluding hydrogens is 325 g/mol. The minimum atomic E-state index is -3.50. The monoisotopic (exact) mass is 358 g/mol. The summed E-state index contributed by atoms with van der Waals surface area (Å²) >= 11 is -3.50. The van der Waals surface area contributed by atoms with Gasteiger partial charge in [-0.25, -0.2) is 0 Å². The summed E-state index contributed by atoms with van der Waals surface area (Å²) in [4.78, 5) is 0. The van der Waals surface area contributed by atoms with E-state index in [4.69, 9.17) is 0 Å². The van der Waals surface area contributed by atoms with Gasteiger partial charge >= 0.3 is 129 Å². The summed E-state index contributed by atoms with van der Waals surface area (Å²) < 4.78 is 10.1. The predicted octanol–water partition coefficient (Wildman–Crippen LogP) is 3.63. The number of nitrogens with zero attached hydrogens (tertiary/aromatic N) is 3. The Morgan fingerprint density at radius 3 is 1.35 bits per heavy atom. The fraction of sp³-hybridized carbons (Fsp3) is 0.750. The topological polar surface area (TPSA) is 9.72 Å². The SMILES string of the molecule is CC[N](C)[Zr]([CH2]C)([CH]1C=CC=C1)([N](C)CC)[N](C)CC. The van der Waals surface area contributed by atoms with Crippen LogP contribution in [0.3, 0.4) is 0 Å². The summed E-state index contributed by atoms with van der Waals surface area (Å²) in [7, 11) is 7.06. The molecule has 20 heavy (non-hydrogen) atoms. The standard InChI is InChI=1S/C5H5.3C3H8N.C2H5.Zr/c1-2-4-5-3-1;3*1-3-4-2;1-2;/h1-5H;3*3H2,1-2H3;1H2,2H3;/q;3*-1;;+3. The van der Waals surface area contributed by atoms with E-state index in [0.29, 0.717) is 3.63 Å². The molecule has 0 fully saturated rings. The van der Waals surface area contributed by atoms with Crippen molar-refractivity contribution in [1.29, 1.82) is 0 Å². The van der Waals surface area contributed by atoms with Crippen LogP contribution in [-0.4, -0.2) is 49.3 Å². The Kier molecular flexibility index (Phi) is 6.40. The Morgan fingerprint density at radius 2 is 1.10 bits per heavy atom. The molecule has 0 N–H and O–H groups in total. The van der Waals surface area contributed by atoms with E-state index in [1.54, 1.807) is 0 Å². The van der Waals surface area contributed by atoms with Crippen molar-refractivity contribution < 1.29 is 19.7 Å². The maximum absolute atomic E-state index is 3.50. The number of allylic oxidation sites excluding steroid dienone is 4. The number of hydrogen-bond acceptors (Lipinski definition) is 3. The summed E-state index contributed by atoms with van der Waals surface area (Å²) in [6.07, 6.45) is 9.37. The fourth-order valence-electron chi connectivity index (χ4n) is 4.54. The Hall–Kier alpha value is 0.243. The molecule has 0 spiro atoms. The van der Waals surface area contributed by atoms with Crippen molar-refractivity contribution in [3.05, 3.63) is 24.3 Å². The van der Waals surface area contributed by atoms with E-state index in [2.05, 4.69) is 81.7 Å². The van der Waals surface area contributed by atoms with E-state index >= 15 is 0 Å². The third-order valence-electron chi connectivity index (χ3n) is 6.03. The van der Waals surface area contributed by atoms with E-state index < -0.39 is 19.7 Å². The maximum atomic E-state index is 2.74. The molecule has 0 heterocycles. The van der Waals surface area contributed by atoms with Crippen LogP contribution in [-0.2, 0) is 19.7 Å². The van der Waals surface area contributed by atoms with Crippen molar-refractivity contribution in [2.24, 2.45) is 0 Å². The molecule has 117 valence electrons. The molecule has 0 radical (unpaired) electrons. The number of hydrogen-bond donors (Lipinski definition) is 0. The van der Waals surface area contributed by atoms with Crippen LogP contribution in [0.15, 0.2) is 24.3 Å². The van der Waals surface area contributed by atoms with Gasteiger partial charge in [0.1, 0.15) is 0 Å². The van der Waals surface area contributed by atoms with Gasteiger partial charge in [-0.2, -0.15) is 0 Å². The molecular formula is C16H34N3Zr. The molecule has 0 aliphatic heterocycles. The zero-order chi connectivity index (χ0) is 15.4. The van der Waals surface area contributed by atoms with Crippen molar-refractivity contribution in [2.75, 3.05) is 40.8 Å². The molecule has 0 aromatic rings. The third-order valence-corrected chi connectivity index (χ3v) is 28.3. The molecule has 0 bridgehead atoms. The van der Waals surface area contributed by atoms with E-state index in [0.717, 1.165) is 19.6 Å². The van der Waals surface area contributed by atoms with Crippen LogP contribution >= 0.6 is 0 Å². The van der Waals surface area contributed by atoms with Crippen LogP contribution in [0.1, 0.15) is 27.7 Å². The molecule has 1 aliphatic rings. The summed E-state index contributed by atoms with van der Waals surface area (Å²) in [5, 5.41) is 0. The van der Waals surface area contributed by atoms with Gasteiger partial charge in [0, 0.05) is 0 Å². The average molecular weight is 360 g/mol. The molecule has 0 aromatic carbocycles. The molecule has 3 nitrogen and oxygen atoms in total. The normalized spacial score (nSPS) is 18.4. The zero-order valence-corrected chi connectivity index (χ0v) is 17.0. The van der Waals surface area contributed by atoms with Crippen molar-refractivity contribution >= 4 is 0 Å². The molecule has 0 amide bonds. The summed E-state index contributed by atoms with van der Waals surface area (Å²) in [6, 6.07) is 0. The van der Waals surface area contributed by atoms with Gasteiger partial charge in [-0.3, -0.25) is 0 Å².